The van der Waals surface area contributed by atoms with E-state index < -0.39 is 0 Å². The molecule has 1 aromatic heterocycles. The van der Waals surface area contributed by atoms with Crippen LogP contribution < -0.4 is 5.73 Å². The number of rotatable bonds is 4. The van der Waals surface area contributed by atoms with Crippen LogP contribution in [0.4, 0.5) is 0 Å². The summed E-state index contributed by atoms with van der Waals surface area (Å²) in [5.41, 5.74) is 8.59. The third kappa shape index (κ3) is 2.59. The Morgan fingerprint density at radius 2 is 2.13 bits per heavy atom. The van der Waals surface area contributed by atoms with Crippen molar-refractivity contribution in [3.8, 4) is 0 Å². The maximum Gasteiger partial charge on any atom is 0.0596 e. The van der Waals surface area contributed by atoms with Crippen molar-refractivity contribution in [1.29, 1.82) is 0 Å². The van der Waals surface area contributed by atoms with E-state index >= 15 is 0 Å². The van der Waals surface area contributed by atoms with Crippen molar-refractivity contribution in [3.05, 3.63) is 17.5 Å². The second-order valence-electron chi connectivity index (χ2n) is 4.82. The summed E-state index contributed by atoms with van der Waals surface area (Å²) in [7, 11) is 1.98. The van der Waals surface area contributed by atoms with Gasteiger partial charge in [-0.1, -0.05) is 20.8 Å². The summed E-state index contributed by atoms with van der Waals surface area (Å²) in [4.78, 5) is 0. The van der Waals surface area contributed by atoms with E-state index in [1.165, 1.54) is 5.69 Å². The molecule has 0 aliphatic rings. The molecule has 0 radical (unpaired) electrons. The number of nitrogens with two attached hydrogens (primary N) is 1. The van der Waals surface area contributed by atoms with E-state index in [9.17, 15) is 0 Å². The van der Waals surface area contributed by atoms with Gasteiger partial charge in [-0.3, -0.25) is 4.68 Å². The van der Waals surface area contributed by atoms with E-state index in [1.54, 1.807) is 0 Å². The molecule has 1 aromatic rings. The molecule has 0 bridgehead atoms. The summed E-state index contributed by atoms with van der Waals surface area (Å²) >= 11 is 0. The summed E-state index contributed by atoms with van der Waals surface area (Å²) in [5, 5.41) is 4.35. The summed E-state index contributed by atoms with van der Waals surface area (Å²) in [5.74, 6) is 0.484. The molecule has 0 saturated heterocycles. The van der Waals surface area contributed by atoms with Crippen LogP contribution in [0.15, 0.2) is 6.07 Å². The van der Waals surface area contributed by atoms with E-state index in [2.05, 4.69) is 31.9 Å². The van der Waals surface area contributed by atoms with E-state index in [1.807, 2.05) is 18.7 Å². The van der Waals surface area contributed by atoms with Crippen LogP contribution in [0.1, 0.15) is 38.6 Å². The predicted molar refractivity (Wildman–Crippen MR) is 63.7 cm³/mol. The number of aryl methyl sites for hydroxylation is 2. The molecule has 0 aliphatic carbocycles. The van der Waals surface area contributed by atoms with E-state index in [0.717, 1.165) is 18.5 Å². The van der Waals surface area contributed by atoms with Crippen LogP contribution in [0.2, 0.25) is 0 Å². The van der Waals surface area contributed by atoms with Crippen LogP contribution in [0.3, 0.4) is 0 Å². The minimum atomic E-state index is -0.111. The van der Waals surface area contributed by atoms with Gasteiger partial charge in [0.2, 0.25) is 0 Å². The summed E-state index contributed by atoms with van der Waals surface area (Å²) in [6.45, 7) is 8.55. The first kappa shape index (κ1) is 12.2. The molecule has 3 nitrogen and oxygen atoms in total. The zero-order valence-corrected chi connectivity index (χ0v) is 10.5. The molecule has 0 amide bonds. The number of hydrogen-bond acceptors (Lipinski definition) is 2. The van der Waals surface area contributed by atoms with Crippen LogP contribution in [0.25, 0.3) is 0 Å². The number of aromatic nitrogens is 2. The maximum absolute atomic E-state index is 6.41. The van der Waals surface area contributed by atoms with Gasteiger partial charge in [-0.15, -0.1) is 0 Å². The Hall–Kier alpha value is -0.830. The molecule has 0 saturated carbocycles. The van der Waals surface area contributed by atoms with E-state index in [0.29, 0.717) is 5.92 Å². The van der Waals surface area contributed by atoms with Crippen molar-refractivity contribution in [3.63, 3.8) is 0 Å². The van der Waals surface area contributed by atoms with Crippen molar-refractivity contribution < 1.29 is 0 Å². The molecular weight excluding hydrogens is 186 g/mol. The Morgan fingerprint density at radius 1 is 1.53 bits per heavy atom. The molecule has 2 N–H and O–H groups in total. The fraction of sp³-hybridized carbons (Fsp3) is 0.750. The van der Waals surface area contributed by atoms with Crippen molar-refractivity contribution in [1.82, 2.24) is 9.78 Å². The normalized spacial score (nSPS) is 15.7. The lowest BCUT2D eigenvalue weighted by Crippen LogP contribution is -2.46. The molecule has 0 fully saturated rings. The molecule has 1 atom stereocenters. The lowest BCUT2D eigenvalue weighted by Gasteiger charge is -2.32. The van der Waals surface area contributed by atoms with Crippen molar-refractivity contribution in [2.75, 3.05) is 0 Å². The van der Waals surface area contributed by atoms with E-state index in [-0.39, 0.29) is 5.54 Å². The van der Waals surface area contributed by atoms with Gasteiger partial charge in [0.1, 0.15) is 0 Å². The minimum Gasteiger partial charge on any atom is -0.325 e. The summed E-state index contributed by atoms with van der Waals surface area (Å²) < 4.78 is 1.94. The summed E-state index contributed by atoms with van der Waals surface area (Å²) in [6.07, 6.45) is 1.90. The molecule has 3 heteroatoms. The van der Waals surface area contributed by atoms with Gasteiger partial charge in [0.25, 0.3) is 0 Å². The Morgan fingerprint density at radius 3 is 2.47 bits per heavy atom. The van der Waals surface area contributed by atoms with Gasteiger partial charge in [0, 0.05) is 24.7 Å². The predicted octanol–water partition coefficient (Wildman–Crippen LogP) is 2.03. The van der Waals surface area contributed by atoms with Crippen LogP contribution in [-0.4, -0.2) is 15.3 Å². The second kappa shape index (κ2) is 4.35. The van der Waals surface area contributed by atoms with Crippen LogP contribution in [0.5, 0.6) is 0 Å². The van der Waals surface area contributed by atoms with Crippen molar-refractivity contribution in [2.45, 2.75) is 46.1 Å². The summed E-state index contributed by atoms with van der Waals surface area (Å²) in [6, 6.07) is 2.12. The number of nitrogens with zero attached hydrogens (tertiary/aromatic N) is 2. The highest BCUT2D eigenvalue weighted by Crippen LogP contribution is 2.23. The third-order valence-corrected chi connectivity index (χ3v) is 3.42. The van der Waals surface area contributed by atoms with Crippen LogP contribution >= 0.6 is 0 Å². The highest BCUT2D eigenvalue weighted by molar-refractivity contribution is 5.12. The smallest absolute Gasteiger partial charge is 0.0596 e. The van der Waals surface area contributed by atoms with Gasteiger partial charge in [-0.25, -0.2) is 0 Å². The van der Waals surface area contributed by atoms with Crippen molar-refractivity contribution >= 4 is 0 Å². The lowest BCUT2D eigenvalue weighted by molar-refractivity contribution is 0.290. The van der Waals surface area contributed by atoms with Gasteiger partial charge in [-0.05, 0) is 25.3 Å². The third-order valence-electron chi connectivity index (χ3n) is 3.42. The molecule has 1 unspecified atom stereocenters. The van der Waals surface area contributed by atoms with Gasteiger partial charge in [0.15, 0.2) is 0 Å². The molecule has 86 valence electrons. The first-order chi connectivity index (χ1) is 6.89. The zero-order chi connectivity index (χ0) is 11.6. The Labute approximate surface area is 92.7 Å². The Balaban J connectivity index is 2.88. The fourth-order valence-electron chi connectivity index (χ4n) is 1.90. The molecule has 0 aromatic carbocycles. The standard InChI is InChI=1S/C12H23N3/c1-6-12(13,9(2)3)8-11-7-10(4)14-15(11)5/h7,9H,6,8,13H2,1-5H3. The SMILES string of the molecule is CCC(N)(Cc1cc(C)nn1C)C(C)C. The van der Waals surface area contributed by atoms with Gasteiger partial charge >= 0.3 is 0 Å². The van der Waals surface area contributed by atoms with Gasteiger partial charge < -0.3 is 5.73 Å². The topological polar surface area (TPSA) is 43.8 Å². The first-order valence-electron chi connectivity index (χ1n) is 5.67. The molecular formula is C12H23N3. The first-order valence-corrected chi connectivity index (χ1v) is 5.67. The van der Waals surface area contributed by atoms with Crippen LogP contribution in [0, 0.1) is 12.8 Å². The van der Waals surface area contributed by atoms with Crippen molar-refractivity contribution in [2.24, 2.45) is 18.7 Å². The van der Waals surface area contributed by atoms with Gasteiger partial charge in [0.05, 0.1) is 5.69 Å². The average Bonchev–Trinajstić information content (AvgIpc) is 2.44. The highest BCUT2D eigenvalue weighted by atomic mass is 15.3. The molecule has 1 rings (SSSR count). The van der Waals surface area contributed by atoms with Crippen LogP contribution in [-0.2, 0) is 13.5 Å². The second-order valence-corrected chi connectivity index (χ2v) is 4.82. The average molecular weight is 209 g/mol. The van der Waals surface area contributed by atoms with Gasteiger partial charge in [-0.2, -0.15) is 5.10 Å². The zero-order valence-electron chi connectivity index (χ0n) is 10.5. The quantitative estimate of drug-likeness (QED) is 0.824. The Kier molecular flexibility index (Phi) is 3.55. The fourth-order valence-corrected chi connectivity index (χ4v) is 1.90. The maximum atomic E-state index is 6.41. The molecule has 15 heavy (non-hydrogen) atoms. The monoisotopic (exact) mass is 209 g/mol. The molecule has 0 spiro atoms. The largest absolute Gasteiger partial charge is 0.325 e. The van der Waals surface area contributed by atoms with E-state index in [4.69, 9.17) is 5.73 Å². The number of hydrogen-bond donors (Lipinski definition) is 1. The molecule has 0 aliphatic heterocycles. The Bertz CT molecular complexity index is 328. The lowest BCUT2D eigenvalue weighted by atomic mass is 9.81. The molecule has 1 heterocycles. The minimum absolute atomic E-state index is 0.111. The highest BCUT2D eigenvalue weighted by Gasteiger charge is 2.28.